The number of urea groups is 1. The van der Waals surface area contributed by atoms with Crippen LogP contribution in [-0.4, -0.2) is 67.3 Å². The largest absolute Gasteiger partial charge is 0.491 e. The van der Waals surface area contributed by atoms with Crippen LogP contribution < -0.4 is 14.8 Å². The number of carbonyl (C=O) groups is 4. The molecule has 3 aromatic carbocycles. The van der Waals surface area contributed by atoms with Crippen LogP contribution in [0.3, 0.4) is 0 Å². The Labute approximate surface area is 396 Å². The van der Waals surface area contributed by atoms with Gasteiger partial charge in [-0.25, -0.2) is 18.1 Å². The average Bonchev–Trinajstić information content (AvgIpc) is 3.75. The number of ether oxygens (including phenoxy) is 2. The van der Waals surface area contributed by atoms with Gasteiger partial charge in [-0.15, -0.1) is 0 Å². The van der Waals surface area contributed by atoms with Gasteiger partial charge in [-0.3, -0.25) is 24.0 Å². The summed E-state index contributed by atoms with van der Waals surface area (Å²) < 4.78 is 47.6. The zero-order chi connectivity index (χ0) is 47.5. The molecule has 4 aromatic rings. The average molecular weight is 948 g/mol. The van der Waals surface area contributed by atoms with E-state index in [2.05, 4.69) is 17.0 Å². The van der Waals surface area contributed by atoms with Crippen molar-refractivity contribution in [3.05, 3.63) is 107 Å². The van der Waals surface area contributed by atoms with E-state index in [1.54, 1.807) is 63.2 Å². The van der Waals surface area contributed by atoms with E-state index >= 15 is 0 Å². The molecule has 0 aliphatic carbocycles. The number of hydrogen-bond donors (Lipinski definition) is 2. The van der Waals surface area contributed by atoms with Gasteiger partial charge in [0.25, 0.3) is 21.8 Å². The lowest BCUT2D eigenvalue weighted by atomic mass is 10.0. The maximum absolute atomic E-state index is 14.7. The molecule has 2 unspecified atom stereocenters. The van der Waals surface area contributed by atoms with E-state index < -0.39 is 45.9 Å². The normalized spacial score (nSPS) is 14.5. The van der Waals surface area contributed by atoms with Gasteiger partial charge in [0.05, 0.1) is 40.0 Å². The molecule has 0 radical (unpaired) electrons. The Morgan fingerprint density at radius 2 is 1.35 bits per heavy atom. The first kappa shape index (κ1) is 51.8. The van der Waals surface area contributed by atoms with Crippen LogP contribution in [0.2, 0.25) is 5.02 Å². The summed E-state index contributed by atoms with van der Waals surface area (Å²) in [5.74, 6) is -2.21. The molecule has 4 amide bonds. The Morgan fingerprint density at radius 3 is 1.92 bits per heavy atom. The molecule has 1 fully saturated rings. The van der Waals surface area contributed by atoms with Crippen LogP contribution in [0.4, 0.5) is 16.2 Å². The van der Waals surface area contributed by atoms with Gasteiger partial charge in [0.1, 0.15) is 17.3 Å². The van der Waals surface area contributed by atoms with Crippen LogP contribution in [0.1, 0.15) is 144 Å². The van der Waals surface area contributed by atoms with Gasteiger partial charge in [-0.05, 0) is 69.2 Å². The maximum Gasteiger partial charge on any atom is 0.330 e. The van der Waals surface area contributed by atoms with E-state index in [0.29, 0.717) is 22.6 Å². The predicted octanol–water partition coefficient (Wildman–Crippen LogP) is 12.0. The smallest absolute Gasteiger partial charge is 0.330 e. The monoisotopic (exact) mass is 946 g/mol. The molecule has 2 N–H and O–H groups in total. The molecule has 13 nitrogen and oxygen atoms in total. The number of Topliss-reactive ketones (excluding diaryl/α,β-unsaturated/α-hetero) is 1. The first-order valence-corrected chi connectivity index (χ1v) is 25.5. The van der Waals surface area contributed by atoms with Crippen LogP contribution in [0.5, 0.6) is 5.75 Å². The third kappa shape index (κ3) is 14.7. The second kappa shape index (κ2) is 26.2. The number of ketones is 1. The molecule has 15 heteroatoms. The number of nitrogens with one attached hydrogen (secondary N) is 2. The Balaban J connectivity index is 1.32. The number of furan rings is 1. The van der Waals surface area contributed by atoms with Crippen molar-refractivity contribution in [1.29, 1.82) is 0 Å². The van der Waals surface area contributed by atoms with E-state index in [4.69, 9.17) is 25.5 Å². The number of benzene rings is 3. The quantitative estimate of drug-likeness (QED) is 0.0224. The minimum absolute atomic E-state index is 0.0111. The molecular weight excluding hydrogens is 880 g/mol. The topological polar surface area (TPSA) is 165 Å². The fourth-order valence-electron chi connectivity index (χ4n) is 8.13. The number of sulfonamides is 1. The summed E-state index contributed by atoms with van der Waals surface area (Å²) in [5.41, 5.74) is 0.717. The van der Waals surface area contributed by atoms with Crippen LogP contribution >= 0.6 is 11.6 Å². The van der Waals surface area contributed by atoms with Crippen molar-refractivity contribution in [2.75, 3.05) is 23.3 Å². The molecule has 1 aromatic heterocycles. The number of amides is 4. The summed E-state index contributed by atoms with van der Waals surface area (Å²) >= 11 is 6.29. The summed E-state index contributed by atoms with van der Waals surface area (Å²) in [6.07, 6.45) is 18.0. The molecule has 358 valence electrons. The van der Waals surface area contributed by atoms with Gasteiger partial charge in [-0.1, -0.05) is 157 Å². The number of anilines is 2. The summed E-state index contributed by atoms with van der Waals surface area (Å²) in [5, 5.41) is 2.84. The number of carbonyl (C=O) groups excluding carboxylic acids is 4. The number of nitrogens with zero attached hydrogens (tertiary/aromatic N) is 2. The molecule has 0 bridgehead atoms. The fourth-order valence-corrected chi connectivity index (χ4v) is 9.47. The number of aryl methyl sites for hydroxylation is 2. The fraction of sp³-hybridized carbons (Fsp3) is 0.490. The summed E-state index contributed by atoms with van der Waals surface area (Å²) in [6.45, 7) is 7.35. The first-order valence-electron chi connectivity index (χ1n) is 23.6. The first-order chi connectivity index (χ1) is 31.9. The number of rotatable bonds is 30. The van der Waals surface area contributed by atoms with Gasteiger partial charge >= 0.3 is 6.03 Å². The lowest BCUT2D eigenvalue weighted by molar-refractivity contribution is -0.144. The van der Waals surface area contributed by atoms with Gasteiger partial charge in [-0.2, -0.15) is 0 Å². The summed E-state index contributed by atoms with van der Waals surface area (Å²) in [6, 6.07) is 17.7. The third-order valence-electron chi connectivity index (χ3n) is 11.7. The molecule has 0 saturated carbocycles. The van der Waals surface area contributed by atoms with E-state index in [0.717, 1.165) is 19.3 Å². The van der Waals surface area contributed by atoms with Crippen molar-refractivity contribution in [3.63, 3.8) is 0 Å². The highest BCUT2D eigenvalue weighted by molar-refractivity contribution is 7.92. The van der Waals surface area contributed by atoms with Crippen LogP contribution in [0.15, 0.2) is 88.2 Å². The standard InChI is InChI=1S/C51H67ClN4O9S/c1-5-7-8-9-10-11-12-13-14-15-16-17-18-19-20-26-33-64-45-32-31-40(66(61,62)54-43-30-25-24-29-42(43)52)35-44(45)53-48(58)46(47(57)41-34-37(3)65-38(41)4)56-49(59)50(63-6-2)55(51(56)60)36-39-27-22-21-23-28-39/h21-25,27-32,34-35,46,50,54H,5-20,26,33,36H2,1-4H3,(H,53,58). The Morgan fingerprint density at radius 1 is 0.758 bits per heavy atom. The highest BCUT2D eigenvalue weighted by Gasteiger charge is 2.53. The lowest BCUT2D eigenvalue weighted by Gasteiger charge is -2.25. The summed E-state index contributed by atoms with van der Waals surface area (Å²) in [4.78, 5) is 59.4. The van der Waals surface area contributed by atoms with Crippen molar-refractivity contribution in [3.8, 4) is 5.75 Å². The van der Waals surface area contributed by atoms with Crippen LogP contribution in [0, 0.1) is 13.8 Å². The molecule has 2 atom stereocenters. The Bertz CT molecular complexity index is 2320. The SMILES string of the molecule is CCCCCCCCCCCCCCCCCCOc1ccc(S(=O)(=O)Nc2ccccc2Cl)cc1NC(=O)C(C(=O)c1cc(C)oc1C)N1C(=O)C(OCC)N(Cc2ccccc2)C1=O. The number of unbranched alkanes of at least 4 members (excludes halogenated alkanes) is 15. The molecule has 0 spiro atoms. The van der Waals surface area contributed by atoms with Gasteiger partial charge in [0.15, 0.2) is 11.8 Å². The number of para-hydroxylation sites is 1. The predicted molar refractivity (Wildman–Crippen MR) is 258 cm³/mol. The minimum atomic E-state index is -4.29. The molecule has 1 aliphatic rings. The van der Waals surface area contributed by atoms with E-state index in [1.807, 2.05) is 6.07 Å². The second-order valence-corrected chi connectivity index (χ2v) is 19.0. The minimum Gasteiger partial charge on any atom is -0.491 e. The Kier molecular flexibility index (Phi) is 20.6. The molecular formula is C51H67ClN4O9S. The zero-order valence-electron chi connectivity index (χ0n) is 39.0. The number of halogens is 1. The van der Waals surface area contributed by atoms with E-state index in [1.165, 1.54) is 112 Å². The van der Waals surface area contributed by atoms with Gasteiger partial charge in [0.2, 0.25) is 6.23 Å². The van der Waals surface area contributed by atoms with Crippen LogP contribution in [-0.2, 0) is 30.9 Å². The summed E-state index contributed by atoms with van der Waals surface area (Å²) in [7, 11) is -4.29. The third-order valence-corrected chi connectivity index (χ3v) is 13.4. The van der Waals surface area contributed by atoms with Crippen molar-refractivity contribution in [1.82, 2.24) is 9.80 Å². The maximum atomic E-state index is 14.7. The van der Waals surface area contributed by atoms with Gasteiger partial charge in [0, 0.05) is 6.61 Å². The highest BCUT2D eigenvalue weighted by Crippen LogP contribution is 2.33. The number of imide groups is 1. The lowest BCUT2D eigenvalue weighted by Crippen LogP contribution is -2.52. The van der Waals surface area contributed by atoms with Crippen molar-refractivity contribution >= 4 is 56.6 Å². The molecule has 66 heavy (non-hydrogen) atoms. The van der Waals surface area contributed by atoms with Crippen molar-refractivity contribution in [2.45, 2.75) is 154 Å². The van der Waals surface area contributed by atoms with E-state index in [9.17, 15) is 27.6 Å². The van der Waals surface area contributed by atoms with Crippen molar-refractivity contribution < 1.29 is 41.5 Å². The van der Waals surface area contributed by atoms with Crippen LogP contribution in [0.25, 0.3) is 0 Å². The zero-order valence-corrected chi connectivity index (χ0v) is 40.5. The molecule has 2 heterocycles. The second-order valence-electron chi connectivity index (χ2n) is 16.9. The molecule has 1 saturated heterocycles. The van der Waals surface area contributed by atoms with E-state index in [-0.39, 0.29) is 58.1 Å². The van der Waals surface area contributed by atoms with Gasteiger partial charge < -0.3 is 19.2 Å². The molecule has 1 aliphatic heterocycles. The number of hydrogen-bond acceptors (Lipinski definition) is 9. The molecule has 5 rings (SSSR count). The Hall–Kier alpha value is -5.18. The highest BCUT2D eigenvalue weighted by atomic mass is 35.5. The van der Waals surface area contributed by atoms with Crippen molar-refractivity contribution in [2.24, 2.45) is 0 Å².